The minimum absolute atomic E-state index is 0.0921. The number of nitrogens with one attached hydrogen (secondary N) is 1. The number of hydrogen-bond donors (Lipinski definition) is 2. The summed E-state index contributed by atoms with van der Waals surface area (Å²) in [5.74, 6) is -2.17. The van der Waals surface area contributed by atoms with Crippen molar-refractivity contribution in [3.8, 4) is 6.07 Å². The molecule has 0 aliphatic heterocycles. The van der Waals surface area contributed by atoms with Gasteiger partial charge in [0, 0.05) is 5.69 Å². The molecule has 1 amide bonds. The molecule has 0 heterocycles. The van der Waals surface area contributed by atoms with Crippen LogP contribution >= 0.6 is 0 Å². The number of sulfone groups is 1. The van der Waals surface area contributed by atoms with Crippen LogP contribution in [0, 0.1) is 11.3 Å². The summed E-state index contributed by atoms with van der Waals surface area (Å²) in [6.45, 7) is 2.85. The molecule has 2 N–H and O–H groups in total. The summed E-state index contributed by atoms with van der Waals surface area (Å²) in [7, 11) is -4.06. The number of rotatable bonds is 6. The predicted octanol–water partition coefficient (Wildman–Crippen LogP) is 3.30. The van der Waals surface area contributed by atoms with Crippen LogP contribution in [0.4, 0.5) is 18.9 Å². The fraction of sp³-hybridized carbons (Fsp3) is 0.300. The zero-order valence-corrected chi connectivity index (χ0v) is 16.9. The first kappa shape index (κ1) is 23.4. The Kier molecular flexibility index (Phi) is 6.59. The molecule has 0 fully saturated rings. The van der Waals surface area contributed by atoms with Crippen molar-refractivity contribution in [1.82, 2.24) is 0 Å². The predicted molar refractivity (Wildman–Crippen MR) is 103 cm³/mol. The summed E-state index contributed by atoms with van der Waals surface area (Å²) in [6.07, 6.45) is -4.13. The molecule has 0 bridgehead atoms. The van der Waals surface area contributed by atoms with Crippen LogP contribution in [0.15, 0.2) is 47.4 Å². The summed E-state index contributed by atoms with van der Waals surface area (Å²) < 4.78 is 64.3. The highest BCUT2D eigenvalue weighted by atomic mass is 32.2. The molecular weight excluding hydrogens is 421 g/mol. The van der Waals surface area contributed by atoms with E-state index in [2.05, 4.69) is 5.32 Å². The van der Waals surface area contributed by atoms with Gasteiger partial charge in [0.1, 0.15) is 0 Å². The molecule has 0 aliphatic carbocycles. The second kappa shape index (κ2) is 8.45. The lowest BCUT2D eigenvalue weighted by molar-refractivity contribution is -0.137. The topological polar surface area (TPSA) is 107 Å². The molecule has 0 aromatic heterocycles. The summed E-state index contributed by atoms with van der Waals surface area (Å²) in [6, 6.07) is 9.82. The highest BCUT2D eigenvalue weighted by Crippen LogP contribution is 2.33. The first-order valence-corrected chi connectivity index (χ1v) is 10.4. The Morgan fingerprint density at radius 1 is 1.17 bits per heavy atom. The lowest BCUT2D eigenvalue weighted by atomic mass is 10.1. The maximum atomic E-state index is 13.1. The number of aliphatic hydroxyl groups is 1. The molecule has 2 aromatic carbocycles. The van der Waals surface area contributed by atoms with Gasteiger partial charge < -0.3 is 10.4 Å². The van der Waals surface area contributed by atoms with Crippen LogP contribution in [0.1, 0.15) is 30.5 Å². The van der Waals surface area contributed by atoms with E-state index in [1.807, 2.05) is 6.92 Å². The Morgan fingerprint density at radius 3 is 2.27 bits per heavy atom. The van der Waals surface area contributed by atoms with Gasteiger partial charge in [-0.25, -0.2) is 8.42 Å². The van der Waals surface area contributed by atoms with Crippen LogP contribution < -0.4 is 5.32 Å². The molecule has 0 aliphatic rings. The van der Waals surface area contributed by atoms with Crippen LogP contribution in [0.5, 0.6) is 0 Å². The first-order chi connectivity index (χ1) is 13.8. The number of hydrogen-bond acceptors (Lipinski definition) is 5. The zero-order chi connectivity index (χ0) is 22.7. The molecule has 1 unspecified atom stereocenters. The summed E-state index contributed by atoms with van der Waals surface area (Å²) in [5, 5.41) is 21.3. The molecule has 2 rings (SSSR count). The quantitative estimate of drug-likeness (QED) is 0.717. The summed E-state index contributed by atoms with van der Waals surface area (Å²) >= 11 is 0. The highest BCUT2D eigenvalue weighted by molar-refractivity contribution is 7.91. The number of alkyl halides is 3. The lowest BCUT2D eigenvalue weighted by Gasteiger charge is -2.22. The number of amides is 1. The number of nitrogens with zero attached hydrogens (tertiary/aromatic N) is 1. The van der Waals surface area contributed by atoms with E-state index < -0.39 is 44.4 Å². The van der Waals surface area contributed by atoms with Crippen LogP contribution in [-0.2, 0) is 27.2 Å². The molecule has 0 radical (unpaired) electrons. The van der Waals surface area contributed by atoms with Gasteiger partial charge in [-0.05, 0) is 49.2 Å². The molecular formula is C20H19F3N2O4S. The van der Waals surface area contributed by atoms with Crippen molar-refractivity contribution in [1.29, 1.82) is 5.26 Å². The molecule has 0 spiro atoms. The van der Waals surface area contributed by atoms with Crippen molar-refractivity contribution < 1.29 is 31.5 Å². The maximum absolute atomic E-state index is 13.1. The summed E-state index contributed by atoms with van der Waals surface area (Å²) in [4.78, 5) is 12.3. The number of halogens is 3. The molecule has 160 valence electrons. The molecule has 6 nitrogen and oxygen atoms in total. The average Bonchev–Trinajstić information content (AvgIpc) is 2.66. The Balaban J connectivity index is 2.24. The number of nitriles is 1. The Bertz CT molecular complexity index is 1090. The minimum Gasteiger partial charge on any atom is -0.379 e. The molecule has 10 heteroatoms. The van der Waals surface area contributed by atoms with Crippen LogP contribution in [-0.4, -0.2) is 30.8 Å². The number of anilines is 1. The van der Waals surface area contributed by atoms with Gasteiger partial charge in [0.05, 0.1) is 27.8 Å². The highest BCUT2D eigenvalue weighted by Gasteiger charge is 2.38. The van der Waals surface area contributed by atoms with Crippen molar-refractivity contribution >= 4 is 21.4 Å². The third kappa shape index (κ3) is 5.37. The third-order valence-corrected chi connectivity index (χ3v) is 6.29. The average molecular weight is 440 g/mol. The largest absolute Gasteiger partial charge is 0.417 e. The Labute approximate surface area is 171 Å². The van der Waals surface area contributed by atoms with Crippen molar-refractivity contribution in [2.75, 3.05) is 11.1 Å². The SMILES string of the molecule is CCc1ccc(S(=O)(=O)CC(C)(O)C(=O)Nc2ccc(C#N)c(C(F)(F)F)c2)cc1. The van der Waals surface area contributed by atoms with E-state index in [1.54, 1.807) is 12.1 Å². The van der Waals surface area contributed by atoms with Crippen LogP contribution in [0.25, 0.3) is 0 Å². The Hall–Kier alpha value is -2.90. The number of benzene rings is 2. The van der Waals surface area contributed by atoms with Crippen LogP contribution in [0.3, 0.4) is 0 Å². The van der Waals surface area contributed by atoms with Gasteiger partial charge in [0.15, 0.2) is 15.4 Å². The minimum atomic E-state index is -4.83. The zero-order valence-electron chi connectivity index (χ0n) is 16.1. The molecule has 2 aromatic rings. The van der Waals surface area contributed by atoms with E-state index in [9.17, 15) is 31.5 Å². The monoisotopic (exact) mass is 440 g/mol. The standard InChI is InChI=1S/C20H19F3N2O4S/c1-3-13-4-8-16(9-5-13)30(28,29)12-19(2,27)18(26)25-15-7-6-14(11-24)17(10-15)20(21,22)23/h4-10,27H,3,12H2,1-2H3,(H,25,26). The molecule has 30 heavy (non-hydrogen) atoms. The van der Waals surface area contributed by atoms with Gasteiger partial charge in [-0.15, -0.1) is 0 Å². The smallest absolute Gasteiger partial charge is 0.379 e. The van der Waals surface area contributed by atoms with Crippen molar-refractivity contribution in [3.63, 3.8) is 0 Å². The number of carbonyl (C=O) groups excluding carboxylic acids is 1. The van der Waals surface area contributed by atoms with E-state index in [1.165, 1.54) is 18.2 Å². The van der Waals surface area contributed by atoms with Gasteiger partial charge in [0.2, 0.25) is 0 Å². The fourth-order valence-corrected chi connectivity index (χ4v) is 4.26. The van der Waals surface area contributed by atoms with E-state index in [0.717, 1.165) is 24.6 Å². The van der Waals surface area contributed by atoms with Gasteiger partial charge in [-0.3, -0.25) is 4.79 Å². The van der Waals surface area contributed by atoms with E-state index in [4.69, 9.17) is 5.26 Å². The van der Waals surface area contributed by atoms with E-state index in [-0.39, 0.29) is 10.6 Å². The number of carbonyl (C=O) groups is 1. The van der Waals surface area contributed by atoms with Crippen LogP contribution in [0.2, 0.25) is 0 Å². The second-order valence-electron chi connectivity index (χ2n) is 6.85. The molecule has 0 saturated heterocycles. The molecule has 0 saturated carbocycles. The maximum Gasteiger partial charge on any atom is 0.417 e. The van der Waals surface area contributed by atoms with Crippen molar-refractivity contribution in [2.24, 2.45) is 0 Å². The van der Waals surface area contributed by atoms with Gasteiger partial charge >= 0.3 is 6.18 Å². The number of aryl methyl sites for hydroxylation is 1. The van der Waals surface area contributed by atoms with Crippen molar-refractivity contribution in [2.45, 2.75) is 36.9 Å². The molecule has 1 atom stereocenters. The van der Waals surface area contributed by atoms with Crippen molar-refractivity contribution in [3.05, 3.63) is 59.2 Å². The van der Waals surface area contributed by atoms with E-state index >= 15 is 0 Å². The van der Waals surface area contributed by atoms with E-state index in [0.29, 0.717) is 12.5 Å². The summed E-state index contributed by atoms with van der Waals surface area (Å²) in [5.41, 5.74) is -3.75. The van der Waals surface area contributed by atoms with Gasteiger partial charge in [0.25, 0.3) is 5.91 Å². The second-order valence-corrected chi connectivity index (χ2v) is 8.84. The Morgan fingerprint density at radius 2 is 1.77 bits per heavy atom. The van der Waals surface area contributed by atoms with Gasteiger partial charge in [-0.1, -0.05) is 19.1 Å². The lowest BCUT2D eigenvalue weighted by Crippen LogP contribution is -2.45. The van der Waals surface area contributed by atoms with Gasteiger partial charge in [-0.2, -0.15) is 18.4 Å². The normalized spacial score (nSPS) is 13.9. The first-order valence-electron chi connectivity index (χ1n) is 8.77. The third-order valence-electron chi connectivity index (χ3n) is 4.35. The fourth-order valence-electron chi connectivity index (χ4n) is 2.67.